The van der Waals surface area contributed by atoms with Crippen molar-refractivity contribution in [3.05, 3.63) is 153 Å². The fourth-order valence-corrected chi connectivity index (χ4v) is 31.7. The molecule has 0 saturated carbocycles. The Hall–Kier alpha value is -2.31. The Balaban J connectivity index is 1.83. The second-order valence-electron chi connectivity index (χ2n) is 12.9. The van der Waals surface area contributed by atoms with E-state index in [0.717, 1.165) is 14.3 Å². The van der Waals surface area contributed by atoms with Crippen LogP contribution < -0.4 is 0 Å². The topological polar surface area (TPSA) is 0 Å². The predicted octanol–water partition coefficient (Wildman–Crippen LogP) is 11.8. The van der Waals surface area contributed by atoms with E-state index in [0.29, 0.717) is 11.8 Å². The van der Waals surface area contributed by atoms with E-state index in [9.17, 15) is 0 Å². The molecule has 2 aliphatic rings. The summed E-state index contributed by atoms with van der Waals surface area (Å²) in [5.41, 5.74) is 12.7. The van der Waals surface area contributed by atoms with E-state index < -0.39 is 15.9 Å². The molecule has 0 heterocycles. The summed E-state index contributed by atoms with van der Waals surface area (Å²) in [5, 5.41) is 0. The van der Waals surface area contributed by atoms with Crippen molar-refractivity contribution < 1.29 is 15.9 Å². The third kappa shape index (κ3) is 4.54. The molecule has 0 aliphatic heterocycles. The fourth-order valence-electron chi connectivity index (χ4n) is 7.95. The monoisotopic (exact) mass is 668 g/mol. The predicted molar refractivity (Wildman–Crippen MR) is 182 cm³/mol. The van der Waals surface area contributed by atoms with Gasteiger partial charge in [0.2, 0.25) is 0 Å². The van der Waals surface area contributed by atoms with Crippen LogP contribution >= 0.6 is 17.0 Å². The third-order valence-electron chi connectivity index (χ3n) is 9.53. The molecule has 4 aromatic carbocycles. The fraction of sp³-hybridized carbons (Fsp3) is 0.256. The third-order valence-corrected chi connectivity index (χ3v) is 29.7. The molecule has 42 heavy (non-hydrogen) atoms. The number of hydrogen-bond acceptors (Lipinski definition) is 0. The van der Waals surface area contributed by atoms with Crippen LogP contribution in [0.3, 0.4) is 0 Å². The van der Waals surface area contributed by atoms with Gasteiger partial charge in [-0.2, -0.15) is 0 Å². The van der Waals surface area contributed by atoms with Gasteiger partial charge in [-0.15, -0.1) is 0 Å². The number of benzene rings is 4. The Kier molecular flexibility index (Phi) is 7.79. The van der Waals surface area contributed by atoms with Gasteiger partial charge in [0, 0.05) is 0 Å². The van der Waals surface area contributed by atoms with E-state index in [-0.39, 0.29) is 7.25 Å². The summed E-state index contributed by atoms with van der Waals surface area (Å²) in [4.78, 5) is 0. The SMILES string of the molecule is CC1=Cc2c(C(C)C)cccc2[CH]1[Zr]([Cl])([Cl])(=[C](c1ccccc1)c1ccccc1)[CH]1C(C)=Cc2c(C(C)C)cccc21. The number of allylic oxidation sites excluding steroid dienone is 2. The average Bonchev–Trinajstić information content (AvgIpc) is 3.50. The van der Waals surface area contributed by atoms with Crippen LogP contribution in [-0.4, -0.2) is 3.21 Å². The molecular weight excluding hydrogens is 631 g/mol. The van der Waals surface area contributed by atoms with Crippen molar-refractivity contribution in [3.8, 4) is 0 Å². The van der Waals surface area contributed by atoms with E-state index >= 15 is 0 Å². The molecule has 0 bridgehead atoms. The molecule has 4 aromatic rings. The zero-order chi connectivity index (χ0) is 29.8. The summed E-state index contributed by atoms with van der Waals surface area (Å²) in [6, 6.07) is 35.0. The number of fused-ring (bicyclic) bond motifs is 2. The van der Waals surface area contributed by atoms with E-state index in [2.05, 4.69) is 151 Å². The molecule has 0 nitrogen and oxygen atoms in total. The first-order valence-corrected chi connectivity index (χ1v) is 25.6. The van der Waals surface area contributed by atoms with Gasteiger partial charge in [0.15, 0.2) is 0 Å². The van der Waals surface area contributed by atoms with E-state index in [4.69, 9.17) is 17.0 Å². The summed E-state index contributed by atoms with van der Waals surface area (Å²) in [6.07, 6.45) is 4.78. The van der Waals surface area contributed by atoms with Crippen molar-refractivity contribution >= 4 is 32.4 Å². The molecular formula is C39H40Cl2Zr. The van der Waals surface area contributed by atoms with Gasteiger partial charge in [-0.25, -0.2) is 0 Å². The van der Waals surface area contributed by atoms with Crippen LogP contribution in [0.25, 0.3) is 12.2 Å². The van der Waals surface area contributed by atoms with Crippen molar-refractivity contribution in [1.82, 2.24) is 0 Å². The summed E-state index contributed by atoms with van der Waals surface area (Å²) < 4.78 is 1.02. The van der Waals surface area contributed by atoms with E-state index in [1.807, 2.05) is 0 Å². The second-order valence-corrected chi connectivity index (χ2v) is 33.4. The molecule has 0 N–H and O–H groups in total. The summed E-state index contributed by atoms with van der Waals surface area (Å²) >= 11 is -5.39. The van der Waals surface area contributed by atoms with Crippen LogP contribution in [0.2, 0.25) is 0 Å². The number of hydrogen-bond donors (Lipinski definition) is 0. The molecule has 214 valence electrons. The molecule has 0 amide bonds. The minimum atomic E-state index is -5.39. The molecule has 2 unspecified atom stereocenters. The van der Waals surface area contributed by atoms with Crippen LogP contribution in [-0.2, 0) is 15.9 Å². The first kappa shape index (κ1) is 29.8. The van der Waals surface area contributed by atoms with Gasteiger partial charge in [-0.1, -0.05) is 0 Å². The van der Waals surface area contributed by atoms with Gasteiger partial charge in [0.05, 0.1) is 0 Å². The molecule has 0 aromatic heterocycles. The molecule has 0 radical (unpaired) electrons. The molecule has 6 rings (SSSR count). The molecule has 0 spiro atoms. The summed E-state index contributed by atoms with van der Waals surface area (Å²) in [7, 11) is 17.6. The Bertz CT molecular complexity index is 1670. The van der Waals surface area contributed by atoms with Crippen molar-refractivity contribution in [2.24, 2.45) is 0 Å². The Morgan fingerprint density at radius 1 is 0.548 bits per heavy atom. The maximum atomic E-state index is 8.81. The quantitative estimate of drug-likeness (QED) is 0.192. The Labute approximate surface area is 259 Å². The average molecular weight is 671 g/mol. The summed E-state index contributed by atoms with van der Waals surface area (Å²) in [5.74, 6) is 0.811. The van der Waals surface area contributed by atoms with Crippen molar-refractivity contribution in [2.75, 3.05) is 0 Å². The van der Waals surface area contributed by atoms with Gasteiger partial charge >= 0.3 is 262 Å². The Morgan fingerprint density at radius 2 is 0.929 bits per heavy atom. The van der Waals surface area contributed by atoms with Crippen molar-refractivity contribution in [1.29, 1.82) is 0 Å². The van der Waals surface area contributed by atoms with Gasteiger partial charge in [0.25, 0.3) is 0 Å². The first-order chi connectivity index (χ1) is 20.0. The van der Waals surface area contributed by atoms with Crippen LogP contribution in [0.15, 0.2) is 108 Å². The molecule has 3 heteroatoms. The van der Waals surface area contributed by atoms with E-state index in [1.54, 1.807) is 0 Å². The van der Waals surface area contributed by atoms with Crippen LogP contribution in [0.1, 0.15) is 105 Å². The van der Waals surface area contributed by atoms with Gasteiger partial charge in [-0.3, -0.25) is 0 Å². The Morgan fingerprint density at radius 3 is 1.29 bits per heavy atom. The van der Waals surface area contributed by atoms with Crippen LogP contribution in [0.5, 0.6) is 0 Å². The molecule has 2 atom stereocenters. The second kappa shape index (κ2) is 11.0. The minimum absolute atomic E-state index is 0.0686. The number of halogens is 2. The maximum absolute atomic E-state index is 8.81. The molecule has 0 saturated heterocycles. The first-order valence-electron chi connectivity index (χ1n) is 15.2. The van der Waals surface area contributed by atoms with Crippen molar-refractivity contribution in [2.45, 2.75) is 60.6 Å². The molecule has 2 aliphatic carbocycles. The van der Waals surface area contributed by atoms with E-state index in [1.165, 1.54) is 44.5 Å². The molecule has 0 fully saturated rings. The normalized spacial score (nSPS) is 18.2. The zero-order valence-corrected chi connectivity index (χ0v) is 29.4. The van der Waals surface area contributed by atoms with Gasteiger partial charge < -0.3 is 0 Å². The standard InChI is InChI=1S/2C13H15.C13H10.2ClH.Zr/c2*1-9(2)12-6-4-5-11-7-10(3)8-13(11)12;1-3-7-12(8-4-1)11-13-9-5-2-6-10-13;;;/h2*4-9H,1-3H3;1-10H;2*1H;/q;;;;;+2/p-2. The van der Waals surface area contributed by atoms with Gasteiger partial charge in [0.1, 0.15) is 0 Å². The zero-order valence-electron chi connectivity index (χ0n) is 25.5. The van der Waals surface area contributed by atoms with Crippen molar-refractivity contribution in [3.63, 3.8) is 0 Å². The summed E-state index contributed by atoms with van der Waals surface area (Å²) in [6.45, 7) is 13.6. The number of rotatable bonds is 6. The van der Waals surface area contributed by atoms with Crippen LogP contribution in [0.4, 0.5) is 0 Å². The van der Waals surface area contributed by atoms with Gasteiger partial charge in [-0.05, 0) is 0 Å². The van der Waals surface area contributed by atoms with Crippen LogP contribution in [0, 0.1) is 0 Å².